The Morgan fingerprint density at radius 2 is 1.53 bits per heavy atom. The minimum absolute atomic E-state index is 0.432. The number of carbonyl (C=O) groups is 1. The third-order valence-electron chi connectivity index (χ3n) is 2.62. The van der Waals surface area contributed by atoms with Gasteiger partial charge in [-0.05, 0) is 6.92 Å². The molecule has 6 atom stereocenters. The van der Waals surface area contributed by atoms with Crippen LogP contribution >= 0.6 is 0 Å². The molecule has 0 fully saturated rings. The lowest BCUT2D eigenvalue weighted by atomic mass is 10.0. The van der Waals surface area contributed by atoms with Gasteiger partial charge in [-0.1, -0.05) is 0 Å². The van der Waals surface area contributed by atoms with Gasteiger partial charge in [-0.3, -0.25) is 10.1 Å². The first-order chi connectivity index (χ1) is 8.72. The van der Waals surface area contributed by atoms with Gasteiger partial charge in [0.05, 0.1) is 18.8 Å². The number of aliphatic carboxylic acids is 1. The summed E-state index contributed by atoms with van der Waals surface area (Å²) < 4.78 is 0. The lowest BCUT2D eigenvalue weighted by molar-refractivity contribution is -0.143. The van der Waals surface area contributed by atoms with E-state index in [1.807, 2.05) is 0 Å². The summed E-state index contributed by atoms with van der Waals surface area (Å²) in [6.45, 7) is 0.000992. The Hall–Kier alpha value is -0.810. The van der Waals surface area contributed by atoms with Crippen LogP contribution in [0.3, 0.4) is 0 Å². The number of hydrogen-bond donors (Lipinski definition) is 8. The summed E-state index contributed by atoms with van der Waals surface area (Å²) in [5.41, 5.74) is 0. The summed E-state index contributed by atoms with van der Waals surface area (Å²) in [5.74, 6) is -1.34. The molecule has 0 aliphatic carbocycles. The van der Waals surface area contributed by atoms with Gasteiger partial charge in [0.15, 0.2) is 0 Å². The van der Waals surface area contributed by atoms with Crippen LogP contribution in [0.1, 0.15) is 6.92 Å². The van der Waals surface area contributed by atoms with Gasteiger partial charge < -0.3 is 35.7 Å². The normalized spacial score (nSPS) is 21.2. The van der Waals surface area contributed by atoms with Crippen molar-refractivity contribution in [1.82, 2.24) is 5.32 Å². The van der Waals surface area contributed by atoms with Gasteiger partial charge in [-0.15, -0.1) is 0 Å². The molecule has 0 amide bonds. The Morgan fingerprint density at radius 3 is 1.89 bits per heavy atom. The van der Waals surface area contributed by atoms with Gasteiger partial charge in [0.25, 0.3) is 0 Å². The van der Waals surface area contributed by atoms with Crippen molar-refractivity contribution in [3.05, 3.63) is 0 Å². The lowest BCUT2D eigenvalue weighted by Gasteiger charge is -2.27. The highest BCUT2D eigenvalue weighted by atomic mass is 16.4. The standard InChI is InChI=1S/C10H21NO8/c1-4(13)7(10(18)19)11-2-5(14)8(16)9(17)6(15)3-12/h4-9,11-17H,2-3H2,1H3,(H,18,19). The van der Waals surface area contributed by atoms with Crippen LogP contribution in [0.5, 0.6) is 0 Å². The monoisotopic (exact) mass is 283 g/mol. The van der Waals surface area contributed by atoms with Crippen LogP contribution in [0.15, 0.2) is 0 Å². The maximum atomic E-state index is 10.7. The summed E-state index contributed by atoms with van der Waals surface area (Å²) in [6, 6.07) is -1.35. The number of aliphatic hydroxyl groups excluding tert-OH is 6. The van der Waals surface area contributed by atoms with E-state index < -0.39 is 55.7 Å². The summed E-state index contributed by atoms with van der Waals surface area (Å²) in [4.78, 5) is 10.7. The Labute approximate surface area is 109 Å². The van der Waals surface area contributed by atoms with Crippen molar-refractivity contribution in [3.8, 4) is 0 Å². The van der Waals surface area contributed by atoms with Gasteiger partial charge in [-0.25, -0.2) is 0 Å². The molecule has 0 saturated carbocycles. The van der Waals surface area contributed by atoms with Crippen LogP contribution in [-0.4, -0.2) is 91.4 Å². The first kappa shape index (κ1) is 18.2. The molecule has 6 unspecified atom stereocenters. The van der Waals surface area contributed by atoms with Gasteiger partial charge in [-0.2, -0.15) is 0 Å². The smallest absolute Gasteiger partial charge is 0.323 e. The summed E-state index contributed by atoms with van der Waals surface area (Å²) >= 11 is 0. The van der Waals surface area contributed by atoms with E-state index in [1.165, 1.54) is 6.92 Å². The molecule has 0 aromatic heterocycles. The topological polar surface area (TPSA) is 171 Å². The minimum Gasteiger partial charge on any atom is -0.480 e. The Kier molecular flexibility index (Phi) is 8.02. The first-order valence-corrected chi connectivity index (χ1v) is 5.69. The Bertz CT molecular complexity index is 274. The molecular weight excluding hydrogens is 262 g/mol. The van der Waals surface area contributed by atoms with Gasteiger partial charge >= 0.3 is 5.97 Å². The second-order valence-corrected chi connectivity index (χ2v) is 4.26. The van der Waals surface area contributed by atoms with Crippen molar-refractivity contribution in [3.63, 3.8) is 0 Å². The molecule has 0 aliphatic heterocycles. The zero-order valence-electron chi connectivity index (χ0n) is 10.4. The van der Waals surface area contributed by atoms with Crippen LogP contribution in [0.2, 0.25) is 0 Å². The fourth-order valence-electron chi connectivity index (χ4n) is 1.40. The molecule has 0 rings (SSSR count). The van der Waals surface area contributed by atoms with Gasteiger partial charge in [0.2, 0.25) is 0 Å². The SMILES string of the molecule is CC(O)C(NCC(O)C(O)C(O)C(O)CO)C(=O)O. The van der Waals surface area contributed by atoms with Crippen molar-refractivity contribution in [2.24, 2.45) is 0 Å². The van der Waals surface area contributed by atoms with Crippen molar-refractivity contribution >= 4 is 5.97 Å². The molecule has 0 aromatic rings. The molecule has 0 spiro atoms. The number of carboxylic acids is 1. The summed E-state index contributed by atoms with van der Waals surface area (Å²) in [5, 5.41) is 66.1. The van der Waals surface area contributed by atoms with Gasteiger partial charge in [0, 0.05) is 6.54 Å². The highest BCUT2D eigenvalue weighted by molar-refractivity contribution is 5.74. The van der Waals surface area contributed by atoms with E-state index in [2.05, 4.69) is 5.32 Å². The second kappa shape index (κ2) is 8.38. The fraction of sp³-hybridized carbons (Fsp3) is 0.900. The quantitative estimate of drug-likeness (QED) is 0.209. The molecule has 114 valence electrons. The van der Waals surface area contributed by atoms with E-state index in [4.69, 9.17) is 20.4 Å². The molecule has 0 bridgehead atoms. The maximum absolute atomic E-state index is 10.7. The molecule has 8 N–H and O–H groups in total. The fourth-order valence-corrected chi connectivity index (χ4v) is 1.40. The Morgan fingerprint density at radius 1 is 1.05 bits per heavy atom. The summed E-state index contributed by atoms with van der Waals surface area (Å²) in [7, 11) is 0. The van der Waals surface area contributed by atoms with Crippen LogP contribution in [0.25, 0.3) is 0 Å². The number of hydrogen-bond acceptors (Lipinski definition) is 8. The predicted octanol–water partition coefficient (Wildman–Crippen LogP) is -4.15. The van der Waals surface area contributed by atoms with Crippen molar-refractivity contribution in [2.45, 2.75) is 43.5 Å². The van der Waals surface area contributed by atoms with Crippen molar-refractivity contribution < 1.29 is 40.5 Å². The van der Waals surface area contributed by atoms with E-state index in [0.29, 0.717) is 0 Å². The molecule has 9 heteroatoms. The lowest BCUT2D eigenvalue weighted by Crippen LogP contribution is -2.53. The third kappa shape index (κ3) is 5.78. The predicted molar refractivity (Wildman–Crippen MR) is 62.2 cm³/mol. The van der Waals surface area contributed by atoms with E-state index in [-0.39, 0.29) is 0 Å². The first-order valence-electron chi connectivity index (χ1n) is 5.69. The van der Waals surface area contributed by atoms with E-state index in [0.717, 1.165) is 0 Å². The largest absolute Gasteiger partial charge is 0.480 e. The van der Waals surface area contributed by atoms with E-state index in [1.54, 1.807) is 0 Å². The summed E-state index contributed by atoms with van der Waals surface area (Å²) in [6.07, 6.45) is -8.00. The molecule has 0 aromatic carbocycles. The van der Waals surface area contributed by atoms with E-state index >= 15 is 0 Å². The van der Waals surface area contributed by atoms with Crippen LogP contribution < -0.4 is 5.32 Å². The molecule has 0 radical (unpaired) electrons. The number of aliphatic hydroxyl groups is 6. The van der Waals surface area contributed by atoms with Crippen LogP contribution in [-0.2, 0) is 4.79 Å². The highest BCUT2D eigenvalue weighted by Gasteiger charge is 2.31. The average Bonchev–Trinajstić information content (AvgIpc) is 2.34. The highest BCUT2D eigenvalue weighted by Crippen LogP contribution is 2.05. The van der Waals surface area contributed by atoms with E-state index in [9.17, 15) is 20.1 Å². The van der Waals surface area contributed by atoms with Crippen LogP contribution in [0, 0.1) is 0 Å². The third-order valence-corrected chi connectivity index (χ3v) is 2.62. The number of carboxylic acid groups (broad SMARTS) is 1. The number of nitrogens with one attached hydrogen (secondary N) is 1. The molecule has 19 heavy (non-hydrogen) atoms. The van der Waals surface area contributed by atoms with Crippen molar-refractivity contribution in [1.29, 1.82) is 0 Å². The number of rotatable bonds is 9. The zero-order valence-corrected chi connectivity index (χ0v) is 10.4. The molecule has 0 aliphatic rings. The molecule has 9 nitrogen and oxygen atoms in total. The molecule has 0 saturated heterocycles. The second-order valence-electron chi connectivity index (χ2n) is 4.26. The molecule has 0 heterocycles. The Balaban J connectivity index is 4.36. The minimum atomic E-state index is -1.78. The van der Waals surface area contributed by atoms with Gasteiger partial charge in [0.1, 0.15) is 24.4 Å². The van der Waals surface area contributed by atoms with Crippen molar-refractivity contribution in [2.75, 3.05) is 13.2 Å². The zero-order chi connectivity index (χ0) is 15.2. The average molecular weight is 283 g/mol. The van der Waals surface area contributed by atoms with Crippen LogP contribution in [0.4, 0.5) is 0 Å². The maximum Gasteiger partial charge on any atom is 0.323 e. The molecular formula is C10H21NO8.